The van der Waals surface area contributed by atoms with Gasteiger partial charge in [0.2, 0.25) is 0 Å². The van der Waals surface area contributed by atoms with Gasteiger partial charge in [-0.1, -0.05) is 0 Å². The topological polar surface area (TPSA) is 82.7 Å². The highest BCUT2D eigenvalue weighted by molar-refractivity contribution is 5.29. The molecule has 8 nitrogen and oxygen atoms in total. The molecule has 11 heteroatoms. The fourth-order valence-corrected chi connectivity index (χ4v) is 3.94. The van der Waals surface area contributed by atoms with Gasteiger partial charge in [0, 0.05) is 24.6 Å². The zero-order valence-electron chi connectivity index (χ0n) is 16.3. The molecule has 0 saturated carbocycles. The summed E-state index contributed by atoms with van der Waals surface area (Å²) in [4.78, 5) is 16.4. The number of halogens is 3. The van der Waals surface area contributed by atoms with Gasteiger partial charge in [-0.05, 0) is 49.0 Å². The summed E-state index contributed by atoms with van der Waals surface area (Å²) in [6, 6.07) is 5.00. The summed E-state index contributed by atoms with van der Waals surface area (Å²) in [6.45, 7) is 4.57. The Labute approximate surface area is 170 Å². The molecule has 0 unspecified atom stereocenters. The number of likely N-dealkylation sites (tertiary alicyclic amines) is 1. The number of piperidine rings is 1. The van der Waals surface area contributed by atoms with Crippen molar-refractivity contribution in [2.24, 2.45) is 0 Å². The molecule has 0 N–H and O–H groups in total. The van der Waals surface area contributed by atoms with Crippen molar-refractivity contribution in [2.75, 3.05) is 19.6 Å². The molecule has 2 aliphatic heterocycles. The Hall–Kier alpha value is -2.82. The van der Waals surface area contributed by atoms with Crippen LogP contribution in [-0.4, -0.2) is 50.7 Å². The van der Waals surface area contributed by atoms with E-state index in [1.165, 1.54) is 18.3 Å². The van der Waals surface area contributed by atoms with Crippen LogP contribution >= 0.6 is 0 Å². The third-order valence-electron chi connectivity index (χ3n) is 5.33. The molecule has 2 aromatic rings. The zero-order chi connectivity index (χ0) is 21.5. The lowest BCUT2D eigenvalue weighted by molar-refractivity contribution is -0.389. The first kappa shape index (κ1) is 20.5. The van der Waals surface area contributed by atoms with Gasteiger partial charge >= 0.3 is 18.0 Å². The van der Waals surface area contributed by atoms with Crippen LogP contribution in [0, 0.1) is 10.1 Å². The van der Waals surface area contributed by atoms with Gasteiger partial charge in [-0.25, -0.2) is 0 Å². The van der Waals surface area contributed by atoms with E-state index in [-0.39, 0.29) is 17.9 Å². The van der Waals surface area contributed by atoms with E-state index in [0.29, 0.717) is 18.8 Å². The average Bonchev–Trinajstić information content (AvgIpc) is 3.18. The number of aromatic nitrogens is 2. The highest BCUT2D eigenvalue weighted by Crippen LogP contribution is 2.33. The fourth-order valence-electron chi connectivity index (χ4n) is 3.94. The van der Waals surface area contributed by atoms with Gasteiger partial charge in [-0.15, -0.1) is 0 Å². The van der Waals surface area contributed by atoms with Gasteiger partial charge in [0.05, 0.1) is 12.1 Å². The van der Waals surface area contributed by atoms with Crippen LogP contribution in [0.15, 0.2) is 30.5 Å². The third kappa shape index (κ3) is 4.35. The predicted octanol–water partition coefficient (Wildman–Crippen LogP) is 3.50. The quantitative estimate of drug-likeness (QED) is 0.538. The van der Waals surface area contributed by atoms with Gasteiger partial charge in [0.25, 0.3) is 0 Å². The minimum Gasteiger partial charge on any atom is -0.490 e. The molecule has 0 radical (unpaired) electrons. The van der Waals surface area contributed by atoms with Crippen molar-refractivity contribution < 1.29 is 27.6 Å². The highest BCUT2D eigenvalue weighted by Gasteiger charge is 2.42. The SMILES string of the molecule is C[C@@]1(CN2CCC(Oc3ccc(C(F)(F)F)cc3)CC2)Cn2cc([N+](=O)[O-])nc2O1. The Bertz CT molecular complexity index is 897. The second-order valence-corrected chi connectivity index (χ2v) is 7.93. The number of nitro groups is 1. The van der Waals surface area contributed by atoms with E-state index in [9.17, 15) is 23.3 Å². The number of hydrogen-bond donors (Lipinski definition) is 0. The van der Waals surface area contributed by atoms with Gasteiger partial charge in [-0.2, -0.15) is 13.2 Å². The lowest BCUT2D eigenvalue weighted by atomic mass is 10.0. The number of imidazole rings is 1. The molecule has 1 aromatic heterocycles. The fraction of sp³-hybridized carbons (Fsp3) is 0.526. The Balaban J connectivity index is 1.27. The van der Waals surface area contributed by atoms with E-state index < -0.39 is 22.3 Å². The second-order valence-electron chi connectivity index (χ2n) is 7.93. The van der Waals surface area contributed by atoms with Crippen molar-refractivity contribution in [1.29, 1.82) is 0 Å². The minimum absolute atomic E-state index is 0.0617. The van der Waals surface area contributed by atoms with Crippen LogP contribution in [0.4, 0.5) is 19.0 Å². The first-order valence-electron chi connectivity index (χ1n) is 9.58. The van der Waals surface area contributed by atoms with Crippen molar-refractivity contribution in [3.8, 4) is 11.8 Å². The molecule has 4 rings (SSSR count). The van der Waals surface area contributed by atoms with Gasteiger partial charge in [0.1, 0.15) is 23.7 Å². The largest absolute Gasteiger partial charge is 0.490 e. The van der Waals surface area contributed by atoms with E-state index >= 15 is 0 Å². The number of ether oxygens (including phenoxy) is 2. The molecule has 0 aliphatic carbocycles. The van der Waals surface area contributed by atoms with Crippen LogP contribution in [0.3, 0.4) is 0 Å². The molecular weight excluding hydrogens is 405 g/mol. The summed E-state index contributed by atoms with van der Waals surface area (Å²) in [5, 5.41) is 10.8. The maximum Gasteiger partial charge on any atom is 0.416 e. The first-order valence-corrected chi connectivity index (χ1v) is 9.58. The van der Waals surface area contributed by atoms with Crippen LogP contribution in [-0.2, 0) is 12.7 Å². The van der Waals surface area contributed by atoms with Crippen molar-refractivity contribution in [3.63, 3.8) is 0 Å². The van der Waals surface area contributed by atoms with Crippen LogP contribution < -0.4 is 9.47 Å². The summed E-state index contributed by atoms with van der Waals surface area (Å²) >= 11 is 0. The number of nitrogens with zero attached hydrogens (tertiary/aromatic N) is 4. The molecule has 1 fully saturated rings. The number of alkyl halides is 3. The molecule has 162 valence electrons. The highest BCUT2D eigenvalue weighted by atomic mass is 19.4. The summed E-state index contributed by atoms with van der Waals surface area (Å²) in [7, 11) is 0. The number of rotatable bonds is 5. The van der Waals surface area contributed by atoms with Crippen LogP contribution in [0.25, 0.3) is 0 Å². The zero-order valence-corrected chi connectivity index (χ0v) is 16.3. The third-order valence-corrected chi connectivity index (χ3v) is 5.33. The molecule has 3 heterocycles. The first-order chi connectivity index (χ1) is 14.1. The molecule has 2 aliphatic rings. The van der Waals surface area contributed by atoms with Crippen molar-refractivity contribution in [2.45, 2.75) is 44.2 Å². The Morgan fingerprint density at radius 3 is 2.53 bits per heavy atom. The molecule has 1 aromatic carbocycles. The summed E-state index contributed by atoms with van der Waals surface area (Å²) < 4.78 is 51.3. The van der Waals surface area contributed by atoms with E-state index in [4.69, 9.17) is 9.47 Å². The van der Waals surface area contributed by atoms with Crippen LogP contribution in [0.5, 0.6) is 11.8 Å². The van der Waals surface area contributed by atoms with Gasteiger partial charge in [0.15, 0.2) is 0 Å². The van der Waals surface area contributed by atoms with E-state index in [1.807, 2.05) is 6.92 Å². The number of fused-ring (bicyclic) bond motifs is 1. The maximum atomic E-state index is 12.6. The average molecular weight is 426 g/mol. The summed E-state index contributed by atoms with van der Waals surface area (Å²) in [5.74, 6) is 0.202. The van der Waals surface area contributed by atoms with Crippen LogP contribution in [0.2, 0.25) is 0 Å². The van der Waals surface area contributed by atoms with Crippen molar-refractivity contribution >= 4 is 5.82 Å². The Kier molecular flexibility index (Phi) is 5.08. The number of hydrogen-bond acceptors (Lipinski definition) is 6. The van der Waals surface area contributed by atoms with E-state index in [1.54, 1.807) is 4.57 Å². The second kappa shape index (κ2) is 7.46. The molecule has 0 bridgehead atoms. The smallest absolute Gasteiger partial charge is 0.416 e. The van der Waals surface area contributed by atoms with E-state index in [2.05, 4.69) is 9.88 Å². The van der Waals surface area contributed by atoms with Crippen molar-refractivity contribution in [1.82, 2.24) is 14.5 Å². The van der Waals surface area contributed by atoms with Gasteiger partial charge < -0.3 is 19.6 Å². The molecular formula is C19H21F3N4O4. The summed E-state index contributed by atoms with van der Waals surface area (Å²) in [6.07, 6.45) is -1.55. The van der Waals surface area contributed by atoms with Crippen LogP contribution in [0.1, 0.15) is 25.3 Å². The molecule has 30 heavy (non-hydrogen) atoms. The maximum absolute atomic E-state index is 12.6. The molecule has 0 amide bonds. The summed E-state index contributed by atoms with van der Waals surface area (Å²) in [5.41, 5.74) is -1.22. The standard InChI is InChI=1S/C19H21F3N4O4/c1-18(12-25-10-16(26(27)28)23-17(25)30-18)11-24-8-6-15(7-9-24)29-14-4-2-13(3-5-14)19(20,21)22/h2-5,10,15H,6-9,11-12H2,1H3/t18-/m1/s1. The lowest BCUT2D eigenvalue weighted by Crippen LogP contribution is -2.48. The Morgan fingerprint density at radius 1 is 1.30 bits per heavy atom. The molecule has 1 atom stereocenters. The number of benzene rings is 1. The minimum atomic E-state index is -4.36. The molecule has 0 spiro atoms. The van der Waals surface area contributed by atoms with Crippen molar-refractivity contribution in [3.05, 3.63) is 46.1 Å². The predicted molar refractivity (Wildman–Crippen MR) is 99.4 cm³/mol. The Morgan fingerprint density at radius 2 is 1.97 bits per heavy atom. The monoisotopic (exact) mass is 426 g/mol. The molecule has 1 saturated heterocycles. The van der Waals surface area contributed by atoms with Gasteiger partial charge in [-0.3, -0.25) is 9.47 Å². The lowest BCUT2D eigenvalue weighted by Gasteiger charge is -2.36. The van der Waals surface area contributed by atoms with E-state index in [0.717, 1.165) is 38.1 Å². The normalized spacial score (nSPS) is 22.5.